The number of hydrogen-bond donors (Lipinski definition) is 1. The molecule has 15 heavy (non-hydrogen) atoms. The lowest BCUT2D eigenvalue weighted by molar-refractivity contribution is -0.209. The van der Waals surface area contributed by atoms with Crippen LogP contribution in [0.5, 0.6) is 0 Å². The Morgan fingerprint density at radius 2 is 2.00 bits per heavy atom. The molecule has 1 atom stereocenters. The highest BCUT2D eigenvalue weighted by molar-refractivity contribution is 5.74. The van der Waals surface area contributed by atoms with Gasteiger partial charge in [-0.15, -0.1) is 0 Å². The normalized spacial score (nSPS) is 21.7. The second-order valence-corrected chi connectivity index (χ2v) is 3.91. The van der Waals surface area contributed by atoms with Crippen molar-refractivity contribution >= 4 is 5.97 Å². The molecular weight excluding hydrogens is 200 g/mol. The van der Waals surface area contributed by atoms with E-state index in [2.05, 4.69) is 4.74 Å². The number of esters is 1. The second-order valence-electron chi connectivity index (χ2n) is 3.91. The van der Waals surface area contributed by atoms with Gasteiger partial charge in [0, 0.05) is 12.3 Å². The molecule has 1 aliphatic heterocycles. The van der Waals surface area contributed by atoms with Crippen LogP contribution in [0.15, 0.2) is 0 Å². The van der Waals surface area contributed by atoms with Gasteiger partial charge >= 0.3 is 5.97 Å². The summed E-state index contributed by atoms with van der Waals surface area (Å²) in [7, 11) is 1.24. The molecule has 1 fully saturated rings. The van der Waals surface area contributed by atoms with Gasteiger partial charge in [-0.1, -0.05) is 13.8 Å². The lowest BCUT2D eigenvalue weighted by Gasteiger charge is -2.32. The summed E-state index contributed by atoms with van der Waals surface area (Å²) in [6.07, 6.45) is -1.09. The van der Waals surface area contributed by atoms with Crippen LogP contribution in [0.4, 0.5) is 0 Å². The van der Waals surface area contributed by atoms with Gasteiger partial charge in [-0.05, 0) is 0 Å². The van der Waals surface area contributed by atoms with Crippen LogP contribution in [-0.2, 0) is 19.0 Å². The third-order valence-electron chi connectivity index (χ3n) is 2.61. The smallest absolute Gasteiger partial charge is 0.334 e. The number of aliphatic hydroxyl groups is 1. The molecule has 1 N–H and O–H groups in total. The predicted octanol–water partition coefficient (Wildman–Crippen LogP) is 0.309. The van der Waals surface area contributed by atoms with E-state index in [1.165, 1.54) is 7.11 Å². The second kappa shape index (κ2) is 4.92. The van der Waals surface area contributed by atoms with E-state index in [1.54, 1.807) is 0 Å². The van der Waals surface area contributed by atoms with E-state index < -0.39 is 17.9 Å². The average molecular weight is 218 g/mol. The summed E-state index contributed by atoms with van der Waals surface area (Å²) < 4.78 is 15.4. The zero-order valence-electron chi connectivity index (χ0n) is 9.36. The summed E-state index contributed by atoms with van der Waals surface area (Å²) in [4.78, 5) is 11.1. The Morgan fingerprint density at radius 3 is 2.40 bits per heavy atom. The Hall–Kier alpha value is -0.650. The summed E-state index contributed by atoms with van der Waals surface area (Å²) >= 11 is 0. The zero-order valence-corrected chi connectivity index (χ0v) is 9.36. The van der Waals surface area contributed by atoms with Crippen molar-refractivity contribution in [2.75, 3.05) is 20.3 Å². The lowest BCUT2D eigenvalue weighted by atomic mass is 9.96. The zero-order chi connectivity index (χ0) is 11.5. The Morgan fingerprint density at radius 1 is 1.47 bits per heavy atom. The summed E-state index contributed by atoms with van der Waals surface area (Å²) in [5.74, 6) is -1.44. The molecule has 0 aromatic heterocycles. The highest BCUT2D eigenvalue weighted by Gasteiger charge is 2.43. The first-order valence-corrected chi connectivity index (χ1v) is 5.05. The molecule has 0 radical (unpaired) electrons. The largest absolute Gasteiger partial charge is 0.467 e. The van der Waals surface area contributed by atoms with Gasteiger partial charge in [-0.2, -0.15) is 0 Å². The van der Waals surface area contributed by atoms with Crippen molar-refractivity contribution in [2.24, 2.45) is 5.92 Å². The van der Waals surface area contributed by atoms with Crippen LogP contribution < -0.4 is 0 Å². The third kappa shape index (κ3) is 2.68. The molecule has 0 aromatic rings. The van der Waals surface area contributed by atoms with E-state index >= 15 is 0 Å². The number of carbonyl (C=O) groups is 1. The van der Waals surface area contributed by atoms with Gasteiger partial charge in [0.2, 0.25) is 0 Å². The lowest BCUT2D eigenvalue weighted by Crippen LogP contribution is -2.42. The molecule has 0 bridgehead atoms. The van der Waals surface area contributed by atoms with Crippen LogP contribution in [0.3, 0.4) is 0 Å². The van der Waals surface area contributed by atoms with Crippen LogP contribution in [0.1, 0.15) is 20.3 Å². The summed E-state index contributed by atoms with van der Waals surface area (Å²) in [6.45, 7) is 4.84. The number of methoxy groups -OCH3 is 1. The molecule has 1 aliphatic rings. The van der Waals surface area contributed by atoms with E-state index in [0.29, 0.717) is 13.2 Å². The first-order chi connectivity index (χ1) is 7.02. The van der Waals surface area contributed by atoms with Crippen LogP contribution in [-0.4, -0.2) is 43.3 Å². The number of hydrogen-bond acceptors (Lipinski definition) is 5. The van der Waals surface area contributed by atoms with E-state index in [-0.39, 0.29) is 12.3 Å². The van der Waals surface area contributed by atoms with Crippen molar-refractivity contribution in [3.63, 3.8) is 0 Å². The van der Waals surface area contributed by atoms with Crippen molar-refractivity contribution in [1.29, 1.82) is 0 Å². The van der Waals surface area contributed by atoms with Crippen molar-refractivity contribution in [3.05, 3.63) is 0 Å². The minimum atomic E-state index is -1.20. The van der Waals surface area contributed by atoms with Crippen molar-refractivity contribution in [1.82, 2.24) is 0 Å². The molecular formula is C10H18O5. The SMILES string of the molecule is COC(=O)C(O)CC1(C(C)C)OCCO1. The fourth-order valence-electron chi connectivity index (χ4n) is 1.65. The maximum atomic E-state index is 11.1. The molecule has 88 valence electrons. The summed E-state index contributed by atoms with van der Waals surface area (Å²) in [5, 5.41) is 9.56. The van der Waals surface area contributed by atoms with Gasteiger partial charge in [-0.3, -0.25) is 0 Å². The molecule has 1 unspecified atom stereocenters. The quantitative estimate of drug-likeness (QED) is 0.688. The molecule has 0 aliphatic carbocycles. The minimum Gasteiger partial charge on any atom is -0.467 e. The molecule has 0 amide bonds. The van der Waals surface area contributed by atoms with Crippen LogP contribution >= 0.6 is 0 Å². The molecule has 1 rings (SSSR count). The Bertz CT molecular complexity index is 220. The maximum Gasteiger partial charge on any atom is 0.334 e. The fourth-order valence-corrected chi connectivity index (χ4v) is 1.65. The first kappa shape index (κ1) is 12.4. The highest BCUT2D eigenvalue weighted by Crippen LogP contribution is 2.32. The summed E-state index contributed by atoms with van der Waals surface area (Å²) in [6, 6.07) is 0. The van der Waals surface area contributed by atoms with E-state index in [1.807, 2.05) is 13.8 Å². The van der Waals surface area contributed by atoms with Gasteiger partial charge in [0.05, 0.1) is 20.3 Å². The van der Waals surface area contributed by atoms with E-state index in [9.17, 15) is 9.90 Å². The maximum absolute atomic E-state index is 11.1. The molecule has 0 aromatic carbocycles. The Kier molecular flexibility index (Phi) is 4.07. The minimum absolute atomic E-state index is 0.0688. The van der Waals surface area contributed by atoms with Crippen LogP contribution in [0, 0.1) is 5.92 Å². The van der Waals surface area contributed by atoms with Crippen LogP contribution in [0.2, 0.25) is 0 Å². The van der Waals surface area contributed by atoms with Gasteiger partial charge in [-0.25, -0.2) is 4.79 Å². The fraction of sp³-hybridized carbons (Fsp3) is 0.900. The Balaban J connectivity index is 2.63. The van der Waals surface area contributed by atoms with Gasteiger partial charge in [0.25, 0.3) is 0 Å². The Labute approximate surface area is 89.3 Å². The molecule has 1 heterocycles. The van der Waals surface area contributed by atoms with E-state index in [4.69, 9.17) is 9.47 Å². The van der Waals surface area contributed by atoms with Gasteiger partial charge in [0.15, 0.2) is 11.9 Å². The van der Waals surface area contributed by atoms with Crippen molar-refractivity contribution in [2.45, 2.75) is 32.2 Å². The molecule has 5 nitrogen and oxygen atoms in total. The number of carbonyl (C=O) groups excluding carboxylic acids is 1. The standard InChI is InChI=1S/C10H18O5/c1-7(2)10(14-4-5-15-10)6-8(11)9(12)13-3/h7-8,11H,4-6H2,1-3H3. The van der Waals surface area contributed by atoms with Gasteiger partial charge in [0.1, 0.15) is 0 Å². The first-order valence-electron chi connectivity index (χ1n) is 5.05. The molecule has 1 saturated heterocycles. The molecule has 0 spiro atoms. The summed E-state index contributed by atoms with van der Waals surface area (Å²) in [5.41, 5.74) is 0. The monoisotopic (exact) mass is 218 g/mol. The van der Waals surface area contributed by atoms with Gasteiger partial charge < -0.3 is 19.3 Å². The predicted molar refractivity (Wildman–Crippen MR) is 52.1 cm³/mol. The third-order valence-corrected chi connectivity index (χ3v) is 2.61. The van der Waals surface area contributed by atoms with Crippen molar-refractivity contribution in [3.8, 4) is 0 Å². The van der Waals surface area contributed by atoms with E-state index in [0.717, 1.165) is 0 Å². The number of ether oxygens (including phenoxy) is 3. The van der Waals surface area contributed by atoms with Crippen molar-refractivity contribution < 1.29 is 24.1 Å². The number of rotatable bonds is 4. The van der Waals surface area contributed by atoms with Crippen LogP contribution in [0.25, 0.3) is 0 Å². The molecule has 5 heteroatoms. The highest BCUT2D eigenvalue weighted by atomic mass is 16.7. The molecule has 0 saturated carbocycles. The topological polar surface area (TPSA) is 65.0 Å². The number of aliphatic hydroxyl groups excluding tert-OH is 1. The average Bonchev–Trinajstić information content (AvgIpc) is 2.66.